The SMILES string of the molecule is Cc1ccc(-c2cn(C)nc2C(C)C)cc1C(=O)O. The molecule has 0 saturated heterocycles. The molecule has 0 aliphatic rings. The monoisotopic (exact) mass is 258 g/mol. The van der Waals surface area contributed by atoms with Crippen LogP contribution in [-0.2, 0) is 7.05 Å². The molecule has 0 aliphatic carbocycles. The van der Waals surface area contributed by atoms with Crippen LogP contribution in [0, 0.1) is 6.92 Å². The Morgan fingerprint density at radius 1 is 1.37 bits per heavy atom. The van der Waals surface area contributed by atoms with Crippen molar-refractivity contribution in [1.82, 2.24) is 9.78 Å². The average Bonchev–Trinajstić information content (AvgIpc) is 2.71. The van der Waals surface area contributed by atoms with Gasteiger partial charge in [-0.25, -0.2) is 4.79 Å². The molecule has 4 nitrogen and oxygen atoms in total. The second-order valence-electron chi connectivity index (χ2n) is 5.09. The summed E-state index contributed by atoms with van der Waals surface area (Å²) in [6.45, 7) is 5.97. The van der Waals surface area contributed by atoms with Crippen molar-refractivity contribution in [1.29, 1.82) is 0 Å². The first kappa shape index (κ1) is 13.3. The number of aryl methyl sites for hydroxylation is 2. The standard InChI is InChI=1S/C15H18N2O2/c1-9(2)14-13(8-17(4)16-14)11-6-5-10(3)12(7-11)15(18)19/h5-9H,1-4H3,(H,18,19). The molecule has 0 unspecified atom stereocenters. The Morgan fingerprint density at radius 3 is 2.63 bits per heavy atom. The number of aromatic nitrogens is 2. The van der Waals surface area contributed by atoms with Crippen molar-refractivity contribution in [3.8, 4) is 11.1 Å². The van der Waals surface area contributed by atoms with Gasteiger partial charge in [0.05, 0.1) is 11.3 Å². The number of rotatable bonds is 3. The fourth-order valence-corrected chi connectivity index (χ4v) is 2.17. The van der Waals surface area contributed by atoms with Gasteiger partial charge in [0.15, 0.2) is 0 Å². The summed E-state index contributed by atoms with van der Waals surface area (Å²) in [4.78, 5) is 11.2. The Hall–Kier alpha value is -2.10. The molecule has 2 rings (SSSR count). The van der Waals surface area contributed by atoms with E-state index in [2.05, 4.69) is 18.9 Å². The van der Waals surface area contributed by atoms with Gasteiger partial charge < -0.3 is 5.11 Å². The molecule has 0 saturated carbocycles. The summed E-state index contributed by atoms with van der Waals surface area (Å²) < 4.78 is 1.77. The normalized spacial score (nSPS) is 11.0. The molecule has 1 aromatic carbocycles. The number of benzene rings is 1. The molecule has 0 atom stereocenters. The van der Waals surface area contributed by atoms with Gasteiger partial charge in [0.1, 0.15) is 0 Å². The summed E-state index contributed by atoms with van der Waals surface area (Å²) in [5, 5.41) is 13.7. The second-order valence-corrected chi connectivity index (χ2v) is 5.09. The molecule has 0 aliphatic heterocycles. The predicted octanol–water partition coefficient (Wildman–Crippen LogP) is 3.22. The van der Waals surface area contributed by atoms with E-state index >= 15 is 0 Å². The molecular weight excluding hydrogens is 240 g/mol. The lowest BCUT2D eigenvalue weighted by Gasteiger charge is -2.07. The highest BCUT2D eigenvalue weighted by Gasteiger charge is 2.15. The van der Waals surface area contributed by atoms with Crippen molar-refractivity contribution in [2.45, 2.75) is 26.7 Å². The highest BCUT2D eigenvalue weighted by molar-refractivity contribution is 5.91. The molecule has 0 spiro atoms. The highest BCUT2D eigenvalue weighted by atomic mass is 16.4. The maximum absolute atomic E-state index is 11.2. The van der Waals surface area contributed by atoms with E-state index in [-0.39, 0.29) is 0 Å². The van der Waals surface area contributed by atoms with Crippen LogP contribution in [0.15, 0.2) is 24.4 Å². The van der Waals surface area contributed by atoms with Crippen LogP contribution in [0.4, 0.5) is 0 Å². The van der Waals surface area contributed by atoms with Gasteiger partial charge in [0.2, 0.25) is 0 Å². The minimum Gasteiger partial charge on any atom is -0.478 e. The van der Waals surface area contributed by atoms with E-state index in [4.69, 9.17) is 0 Å². The Morgan fingerprint density at radius 2 is 2.05 bits per heavy atom. The molecule has 2 aromatic rings. The van der Waals surface area contributed by atoms with Crippen molar-refractivity contribution >= 4 is 5.97 Å². The van der Waals surface area contributed by atoms with Crippen LogP contribution in [0.5, 0.6) is 0 Å². The number of aromatic carboxylic acids is 1. The van der Waals surface area contributed by atoms with Gasteiger partial charge in [-0.05, 0) is 30.0 Å². The van der Waals surface area contributed by atoms with Crippen LogP contribution < -0.4 is 0 Å². The van der Waals surface area contributed by atoms with Gasteiger partial charge in [-0.3, -0.25) is 4.68 Å². The lowest BCUT2D eigenvalue weighted by atomic mass is 9.97. The first-order valence-corrected chi connectivity index (χ1v) is 6.28. The molecule has 0 fully saturated rings. The van der Waals surface area contributed by atoms with E-state index < -0.39 is 5.97 Å². The lowest BCUT2D eigenvalue weighted by Crippen LogP contribution is -2.00. The summed E-state index contributed by atoms with van der Waals surface area (Å²) >= 11 is 0. The number of carbonyl (C=O) groups is 1. The van der Waals surface area contributed by atoms with Crippen molar-refractivity contribution in [3.63, 3.8) is 0 Å². The molecule has 0 amide bonds. The van der Waals surface area contributed by atoms with Crippen molar-refractivity contribution < 1.29 is 9.90 Å². The number of hydrogen-bond donors (Lipinski definition) is 1. The molecule has 19 heavy (non-hydrogen) atoms. The largest absolute Gasteiger partial charge is 0.478 e. The zero-order valence-electron chi connectivity index (χ0n) is 11.6. The average molecular weight is 258 g/mol. The lowest BCUT2D eigenvalue weighted by molar-refractivity contribution is 0.0696. The number of carboxylic acid groups (broad SMARTS) is 1. The zero-order valence-corrected chi connectivity index (χ0v) is 11.6. The van der Waals surface area contributed by atoms with Gasteiger partial charge in [0, 0.05) is 18.8 Å². The third kappa shape index (κ3) is 2.52. The molecule has 1 aromatic heterocycles. The van der Waals surface area contributed by atoms with Gasteiger partial charge in [0.25, 0.3) is 0 Å². The van der Waals surface area contributed by atoms with Gasteiger partial charge in [-0.1, -0.05) is 26.0 Å². The van der Waals surface area contributed by atoms with Crippen LogP contribution in [0.1, 0.15) is 41.4 Å². The maximum atomic E-state index is 11.2. The Balaban J connectivity index is 2.59. The molecule has 1 heterocycles. The smallest absolute Gasteiger partial charge is 0.335 e. The Labute approximate surface area is 112 Å². The van der Waals surface area contributed by atoms with E-state index in [0.717, 1.165) is 22.4 Å². The summed E-state index contributed by atoms with van der Waals surface area (Å²) in [7, 11) is 1.88. The van der Waals surface area contributed by atoms with Gasteiger partial charge >= 0.3 is 5.97 Å². The summed E-state index contributed by atoms with van der Waals surface area (Å²) in [6.07, 6.45) is 1.94. The molecule has 0 bridgehead atoms. The van der Waals surface area contributed by atoms with E-state index in [9.17, 15) is 9.90 Å². The van der Waals surface area contributed by atoms with E-state index in [1.165, 1.54) is 0 Å². The van der Waals surface area contributed by atoms with Crippen LogP contribution >= 0.6 is 0 Å². The first-order chi connectivity index (χ1) is 8.90. The van der Waals surface area contributed by atoms with Crippen molar-refractivity contribution in [3.05, 3.63) is 41.2 Å². The maximum Gasteiger partial charge on any atom is 0.335 e. The van der Waals surface area contributed by atoms with Gasteiger partial charge in [-0.15, -0.1) is 0 Å². The van der Waals surface area contributed by atoms with Crippen LogP contribution in [-0.4, -0.2) is 20.9 Å². The minimum absolute atomic E-state index is 0.297. The first-order valence-electron chi connectivity index (χ1n) is 6.28. The number of nitrogens with zero attached hydrogens (tertiary/aromatic N) is 2. The second kappa shape index (κ2) is 4.88. The minimum atomic E-state index is -0.894. The fourth-order valence-electron chi connectivity index (χ4n) is 2.17. The third-order valence-electron chi connectivity index (χ3n) is 3.18. The zero-order chi connectivity index (χ0) is 14.2. The van der Waals surface area contributed by atoms with Crippen LogP contribution in [0.3, 0.4) is 0 Å². The van der Waals surface area contributed by atoms with Crippen molar-refractivity contribution in [2.24, 2.45) is 7.05 Å². The Kier molecular flexibility index (Phi) is 3.42. The number of carboxylic acids is 1. The summed E-state index contributed by atoms with van der Waals surface area (Å²) in [5.41, 5.74) is 4.00. The van der Waals surface area contributed by atoms with E-state index in [0.29, 0.717) is 11.5 Å². The molecule has 4 heteroatoms. The highest BCUT2D eigenvalue weighted by Crippen LogP contribution is 2.29. The fraction of sp³-hybridized carbons (Fsp3) is 0.333. The number of hydrogen-bond acceptors (Lipinski definition) is 2. The summed E-state index contributed by atoms with van der Waals surface area (Å²) in [6, 6.07) is 5.52. The topological polar surface area (TPSA) is 55.1 Å². The molecule has 100 valence electrons. The third-order valence-corrected chi connectivity index (χ3v) is 3.18. The summed E-state index contributed by atoms with van der Waals surface area (Å²) in [5.74, 6) is -0.597. The Bertz CT molecular complexity index is 627. The molecule has 0 radical (unpaired) electrons. The molecule has 1 N–H and O–H groups in total. The van der Waals surface area contributed by atoms with Crippen LogP contribution in [0.25, 0.3) is 11.1 Å². The quantitative estimate of drug-likeness (QED) is 0.919. The van der Waals surface area contributed by atoms with Gasteiger partial charge in [-0.2, -0.15) is 5.10 Å². The van der Waals surface area contributed by atoms with E-state index in [1.807, 2.05) is 25.4 Å². The molecular formula is C15H18N2O2. The van der Waals surface area contributed by atoms with Crippen molar-refractivity contribution in [2.75, 3.05) is 0 Å². The predicted molar refractivity (Wildman–Crippen MR) is 74.4 cm³/mol. The van der Waals surface area contributed by atoms with Crippen LogP contribution in [0.2, 0.25) is 0 Å². The van der Waals surface area contributed by atoms with E-state index in [1.54, 1.807) is 17.7 Å².